The molecule has 246 valence electrons. The van der Waals surface area contributed by atoms with Crippen LogP contribution in [0.15, 0.2) is 54.6 Å². The Morgan fingerprint density at radius 2 is 1.27 bits per heavy atom. The number of carbonyl (C=O) groups is 4. The van der Waals surface area contributed by atoms with Crippen LogP contribution in [-0.4, -0.2) is 43.7 Å². The highest BCUT2D eigenvalue weighted by Gasteiger charge is 2.22. The predicted molar refractivity (Wildman–Crippen MR) is 172 cm³/mol. The summed E-state index contributed by atoms with van der Waals surface area (Å²) in [5.41, 5.74) is 1.16. The molecule has 0 saturated carbocycles. The Bertz CT molecular complexity index is 1270. The monoisotopic (exact) mass is 624 g/mol. The van der Waals surface area contributed by atoms with Gasteiger partial charge in [0.15, 0.2) is 0 Å². The maximum atomic E-state index is 12.9. The number of hydrogen-bond acceptors (Lipinski definition) is 9. The van der Waals surface area contributed by atoms with Crippen LogP contribution in [0.1, 0.15) is 108 Å². The van der Waals surface area contributed by atoms with Crippen LogP contribution >= 0.6 is 0 Å². The molecule has 9 heteroatoms. The summed E-state index contributed by atoms with van der Waals surface area (Å²) in [7, 11) is 0. The van der Waals surface area contributed by atoms with Crippen molar-refractivity contribution in [3.63, 3.8) is 0 Å². The van der Waals surface area contributed by atoms with Crippen molar-refractivity contribution in [1.29, 1.82) is 0 Å². The third-order valence-electron chi connectivity index (χ3n) is 6.75. The summed E-state index contributed by atoms with van der Waals surface area (Å²) in [6, 6.07) is 11.8. The fraction of sp³-hybridized carbons (Fsp3) is 0.500. The van der Waals surface area contributed by atoms with E-state index >= 15 is 0 Å². The molecule has 0 aromatic heterocycles. The Kier molecular flexibility index (Phi) is 15.9. The molecule has 0 spiro atoms. The Morgan fingerprint density at radius 1 is 0.689 bits per heavy atom. The molecule has 9 nitrogen and oxygen atoms in total. The number of hydrogen-bond donors (Lipinski definition) is 0. The summed E-state index contributed by atoms with van der Waals surface area (Å²) in [5, 5.41) is 0. The third-order valence-corrected chi connectivity index (χ3v) is 6.75. The van der Waals surface area contributed by atoms with E-state index in [0.29, 0.717) is 54.6 Å². The zero-order chi connectivity index (χ0) is 33.2. The fourth-order valence-corrected chi connectivity index (χ4v) is 4.25. The van der Waals surface area contributed by atoms with Crippen LogP contribution in [-0.2, 0) is 29.3 Å². The lowest BCUT2D eigenvalue weighted by Crippen LogP contribution is -2.17. The Balaban J connectivity index is 1.80. The smallest absolute Gasteiger partial charge is 0.343 e. The lowest BCUT2D eigenvalue weighted by Gasteiger charge is -2.23. The van der Waals surface area contributed by atoms with Gasteiger partial charge in [-0.1, -0.05) is 40.2 Å². The summed E-state index contributed by atoms with van der Waals surface area (Å²) >= 11 is 0. The number of benzene rings is 2. The highest BCUT2D eigenvalue weighted by Crippen LogP contribution is 2.35. The highest BCUT2D eigenvalue weighted by molar-refractivity contribution is 5.91. The van der Waals surface area contributed by atoms with Crippen LogP contribution in [0, 0.1) is 0 Å². The standard InChI is InChI=1S/C36H48O9/c1-26(2)34(39)43-24-14-10-9-13-23-42-29-18-16-28(17-19-29)35(40)44-30-20-21-32(31(25-30)36(4,5)6)45-33(38)15-11-7-8-12-22-41-27(3)37/h16-21,25H,1,7-15,22-24H2,2-6H3. The van der Waals surface area contributed by atoms with E-state index in [1.54, 1.807) is 49.4 Å². The summed E-state index contributed by atoms with van der Waals surface area (Å²) in [4.78, 5) is 47.5. The van der Waals surface area contributed by atoms with Gasteiger partial charge in [0.05, 0.1) is 25.4 Å². The van der Waals surface area contributed by atoms with Crippen molar-refractivity contribution in [1.82, 2.24) is 0 Å². The largest absolute Gasteiger partial charge is 0.494 e. The van der Waals surface area contributed by atoms with E-state index in [4.69, 9.17) is 23.7 Å². The maximum absolute atomic E-state index is 12.9. The highest BCUT2D eigenvalue weighted by atomic mass is 16.5. The van der Waals surface area contributed by atoms with E-state index in [1.807, 2.05) is 20.8 Å². The molecular formula is C36H48O9. The summed E-state index contributed by atoms with van der Waals surface area (Å²) < 4.78 is 27.1. The average Bonchev–Trinajstić information content (AvgIpc) is 2.98. The summed E-state index contributed by atoms with van der Waals surface area (Å²) in [6.45, 7) is 13.9. The Hall–Kier alpha value is -4.14. The molecule has 0 aliphatic carbocycles. The van der Waals surface area contributed by atoms with Gasteiger partial charge < -0.3 is 23.7 Å². The van der Waals surface area contributed by atoms with Crippen molar-refractivity contribution >= 4 is 23.9 Å². The average molecular weight is 625 g/mol. The minimum Gasteiger partial charge on any atom is -0.494 e. The summed E-state index contributed by atoms with van der Waals surface area (Å²) in [5.74, 6) is -0.0224. The van der Waals surface area contributed by atoms with Gasteiger partial charge in [-0.05, 0) is 93.3 Å². The zero-order valence-electron chi connectivity index (χ0n) is 27.4. The minimum absolute atomic E-state index is 0.280. The van der Waals surface area contributed by atoms with E-state index in [1.165, 1.54) is 6.92 Å². The molecule has 2 aromatic rings. The molecule has 0 unspecified atom stereocenters. The molecule has 0 fully saturated rings. The van der Waals surface area contributed by atoms with Gasteiger partial charge in [-0.25, -0.2) is 9.59 Å². The molecule has 0 amide bonds. The molecular weight excluding hydrogens is 576 g/mol. The van der Waals surface area contributed by atoms with Crippen LogP contribution in [0.5, 0.6) is 17.2 Å². The van der Waals surface area contributed by atoms with Crippen molar-refractivity contribution in [2.75, 3.05) is 19.8 Å². The molecule has 0 aliphatic rings. The van der Waals surface area contributed by atoms with Gasteiger partial charge in [-0.3, -0.25) is 9.59 Å². The van der Waals surface area contributed by atoms with Crippen LogP contribution in [0.25, 0.3) is 0 Å². The van der Waals surface area contributed by atoms with Crippen LogP contribution < -0.4 is 14.2 Å². The first-order valence-corrected chi connectivity index (χ1v) is 15.6. The Labute approximate surface area is 267 Å². The molecule has 0 bridgehead atoms. The van der Waals surface area contributed by atoms with Gasteiger partial charge in [0.1, 0.15) is 17.2 Å². The molecule has 0 saturated heterocycles. The lowest BCUT2D eigenvalue weighted by atomic mass is 9.86. The van der Waals surface area contributed by atoms with Crippen molar-refractivity contribution < 1.29 is 42.9 Å². The quantitative estimate of drug-likeness (QED) is 0.0672. The topological polar surface area (TPSA) is 114 Å². The van der Waals surface area contributed by atoms with Crippen molar-refractivity contribution in [3.8, 4) is 17.2 Å². The van der Waals surface area contributed by atoms with Crippen LogP contribution in [0.3, 0.4) is 0 Å². The molecule has 2 aromatic carbocycles. The summed E-state index contributed by atoms with van der Waals surface area (Å²) in [6.07, 6.45) is 6.96. The molecule has 0 radical (unpaired) electrons. The lowest BCUT2D eigenvalue weighted by molar-refractivity contribution is -0.141. The Morgan fingerprint density at radius 3 is 1.87 bits per heavy atom. The second-order valence-corrected chi connectivity index (χ2v) is 12.0. The number of carbonyl (C=O) groups excluding carboxylic acids is 4. The first kappa shape index (κ1) is 37.0. The minimum atomic E-state index is -0.507. The molecule has 45 heavy (non-hydrogen) atoms. The predicted octanol–water partition coefficient (Wildman–Crippen LogP) is 7.68. The molecule has 0 atom stereocenters. The molecule has 0 N–H and O–H groups in total. The maximum Gasteiger partial charge on any atom is 0.343 e. The molecule has 0 heterocycles. The van der Waals surface area contributed by atoms with Crippen molar-refractivity contribution in [2.45, 2.75) is 97.8 Å². The molecule has 2 rings (SSSR count). The van der Waals surface area contributed by atoms with Crippen molar-refractivity contribution in [3.05, 3.63) is 65.7 Å². The van der Waals surface area contributed by atoms with Gasteiger partial charge in [0.2, 0.25) is 0 Å². The number of rotatable bonds is 19. The molecule has 0 aliphatic heterocycles. The van der Waals surface area contributed by atoms with E-state index in [9.17, 15) is 19.2 Å². The van der Waals surface area contributed by atoms with E-state index in [0.717, 1.165) is 50.5 Å². The SMILES string of the molecule is C=C(C)C(=O)OCCCCCCOc1ccc(C(=O)Oc2ccc(OC(=O)CCCCCCOC(C)=O)c(C(C)(C)C)c2)cc1. The van der Waals surface area contributed by atoms with E-state index in [-0.39, 0.29) is 29.7 Å². The number of ether oxygens (including phenoxy) is 5. The number of unbranched alkanes of at least 4 members (excludes halogenated alkanes) is 6. The first-order valence-electron chi connectivity index (χ1n) is 15.6. The second-order valence-electron chi connectivity index (χ2n) is 12.0. The van der Waals surface area contributed by atoms with Gasteiger partial charge >= 0.3 is 23.9 Å². The number of esters is 4. The first-order chi connectivity index (χ1) is 21.4. The van der Waals surface area contributed by atoms with Crippen LogP contribution in [0.2, 0.25) is 0 Å². The van der Waals surface area contributed by atoms with Gasteiger partial charge in [0.25, 0.3) is 0 Å². The third kappa shape index (κ3) is 14.9. The zero-order valence-corrected chi connectivity index (χ0v) is 27.4. The normalized spacial score (nSPS) is 11.0. The van der Waals surface area contributed by atoms with E-state index < -0.39 is 5.97 Å². The second kappa shape index (κ2) is 19.3. The van der Waals surface area contributed by atoms with Gasteiger partial charge in [-0.2, -0.15) is 0 Å². The van der Waals surface area contributed by atoms with Crippen LogP contribution in [0.4, 0.5) is 0 Å². The van der Waals surface area contributed by atoms with Crippen molar-refractivity contribution in [2.24, 2.45) is 0 Å². The van der Waals surface area contributed by atoms with Gasteiger partial charge in [-0.15, -0.1) is 0 Å². The van der Waals surface area contributed by atoms with Gasteiger partial charge in [0, 0.05) is 24.5 Å². The fourth-order valence-electron chi connectivity index (χ4n) is 4.25. The van der Waals surface area contributed by atoms with E-state index in [2.05, 4.69) is 6.58 Å².